The maximum atomic E-state index is 5.77. The van der Waals surface area contributed by atoms with Crippen LogP contribution >= 0.6 is 0 Å². The topological polar surface area (TPSA) is 86.2 Å². The van der Waals surface area contributed by atoms with Crippen molar-refractivity contribution in [2.75, 3.05) is 19.5 Å². The van der Waals surface area contributed by atoms with Crippen molar-refractivity contribution in [2.45, 2.75) is 12.5 Å². The van der Waals surface area contributed by atoms with Gasteiger partial charge >= 0.3 is 0 Å². The second-order valence-electron chi connectivity index (χ2n) is 3.10. The van der Waals surface area contributed by atoms with Gasteiger partial charge in [0.05, 0.1) is 6.61 Å². The average Bonchev–Trinajstić information content (AvgIpc) is 2.20. The van der Waals surface area contributed by atoms with Gasteiger partial charge in [0, 0.05) is 31.2 Å². The molecule has 0 aliphatic rings. The van der Waals surface area contributed by atoms with E-state index in [2.05, 4.69) is 10.4 Å². The number of nitrogens with two attached hydrogens (primary N) is 2. The Labute approximate surface area is 83.4 Å². The molecule has 0 bridgehead atoms. The molecule has 5 N–H and O–H groups in total. The monoisotopic (exact) mass is 196 g/mol. The van der Waals surface area contributed by atoms with Crippen molar-refractivity contribution < 1.29 is 4.74 Å². The lowest BCUT2D eigenvalue weighted by molar-refractivity contribution is 0.166. The smallest absolute Gasteiger partial charge is 0.0632 e. The molecule has 5 nitrogen and oxygen atoms in total. The van der Waals surface area contributed by atoms with Crippen molar-refractivity contribution in [1.29, 1.82) is 0 Å². The van der Waals surface area contributed by atoms with Crippen LogP contribution in [0.1, 0.15) is 5.56 Å². The normalized spacial score (nSPS) is 12.7. The molecule has 14 heavy (non-hydrogen) atoms. The van der Waals surface area contributed by atoms with Crippen molar-refractivity contribution in [3.8, 4) is 0 Å². The Balaban J connectivity index is 2.62. The lowest BCUT2D eigenvalue weighted by Crippen LogP contribution is -2.40. The predicted octanol–water partition coefficient (Wildman–Crippen LogP) is -0.315. The highest BCUT2D eigenvalue weighted by atomic mass is 16.5. The number of nitrogen functional groups attached to an aromatic ring is 1. The van der Waals surface area contributed by atoms with Gasteiger partial charge in [0.15, 0.2) is 0 Å². The van der Waals surface area contributed by atoms with Gasteiger partial charge in [0.25, 0.3) is 0 Å². The van der Waals surface area contributed by atoms with Crippen LogP contribution < -0.4 is 17.0 Å². The highest BCUT2D eigenvalue weighted by molar-refractivity contribution is 5.44. The molecule has 1 aromatic heterocycles. The summed E-state index contributed by atoms with van der Waals surface area (Å²) in [6.45, 7) is 0.546. The van der Waals surface area contributed by atoms with E-state index in [1.54, 1.807) is 25.6 Å². The Morgan fingerprint density at radius 1 is 1.64 bits per heavy atom. The standard InChI is InChI=1S/C9H16N4O/c1-14-6-8(13-11)4-7-5-12-3-2-9(7)10/h2-3,5,8,13H,4,6,11H2,1H3,(H2,10,12). The number of rotatable bonds is 5. The summed E-state index contributed by atoms with van der Waals surface area (Å²) in [5.41, 5.74) is 10.2. The van der Waals surface area contributed by atoms with E-state index in [0.29, 0.717) is 13.0 Å². The molecule has 0 aromatic carbocycles. The van der Waals surface area contributed by atoms with Crippen LogP contribution in [0.25, 0.3) is 0 Å². The quantitative estimate of drug-likeness (QED) is 0.444. The van der Waals surface area contributed by atoms with Crippen LogP contribution in [-0.2, 0) is 11.2 Å². The Bertz CT molecular complexity index is 279. The van der Waals surface area contributed by atoms with E-state index in [-0.39, 0.29) is 6.04 Å². The number of anilines is 1. The maximum absolute atomic E-state index is 5.77. The van der Waals surface area contributed by atoms with E-state index in [4.69, 9.17) is 16.3 Å². The van der Waals surface area contributed by atoms with E-state index >= 15 is 0 Å². The fourth-order valence-corrected chi connectivity index (χ4v) is 1.24. The van der Waals surface area contributed by atoms with Gasteiger partial charge in [-0.25, -0.2) is 0 Å². The average molecular weight is 196 g/mol. The molecule has 0 aliphatic heterocycles. The molecule has 5 heteroatoms. The molecule has 0 saturated heterocycles. The molecule has 0 saturated carbocycles. The van der Waals surface area contributed by atoms with Crippen LogP contribution in [0.5, 0.6) is 0 Å². The molecular weight excluding hydrogens is 180 g/mol. The van der Waals surface area contributed by atoms with Crippen molar-refractivity contribution in [2.24, 2.45) is 5.84 Å². The Hall–Kier alpha value is -1.17. The first-order valence-electron chi connectivity index (χ1n) is 4.41. The molecule has 1 rings (SSSR count). The zero-order valence-corrected chi connectivity index (χ0v) is 8.23. The van der Waals surface area contributed by atoms with Crippen molar-refractivity contribution in [1.82, 2.24) is 10.4 Å². The van der Waals surface area contributed by atoms with Gasteiger partial charge in [-0.3, -0.25) is 16.3 Å². The van der Waals surface area contributed by atoms with Gasteiger partial charge in [0.1, 0.15) is 0 Å². The van der Waals surface area contributed by atoms with Gasteiger partial charge in [-0.15, -0.1) is 0 Å². The number of nitrogens with one attached hydrogen (secondary N) is 1. The fraction of sp³-hybridized carbons (Fsp3) is 0.444. The molecule has 0 radical (unpaired) electrons. The summed E-state index contributed by atoms with van der Waals surface area (Å²) in [6.07, 6.45) is 4.12. The van der Waals surface area contributed by atoms with Crippen LogP contribution in [0.2, 0.25) is 0 Å². The third-order valence-corrected chi connectivity index (χ3v) is 2.01. The van der Waals surface area contributed by atoms with Crippen LogP contribution in [0, 0.1) is 0 Å². The van der Waals surface area contributed by atoms with Gasteiger partial charge in [-0.1, -0.05) is 0 Å². The van der Waals surface area contributed by atoms with Crippen LogP contribution in [0.15, 0.2) is 18.5 Å². The number of methoxy groups -OCH3 is 1. The summed E-state index contributed by atoms with van der Waals surface area (Å²) in [7, 11) is 1.64. The summed E-state index contributed by atoms with van der Waals surface area (Å²) < 4.78 is 5.00. The van der Waals surface area contributed by atoms with Crippen molar-refractivity contribution in [3.63, 3.8) is 0 Å². The number of hydrogen-bond donors (Lipinski definition) is 3. The van der Waals surface area contributed by atoms with E-state index < -0.39 is 0 Å². The second-order valence-corrected chi connectivity index (χ2v) is 3.10. The molecule has 1 aromatic rings. The molecule has 1 atom stereocenters. The molecule has 0 fully saturated rings. The van der Waals surface area contributed by atoms with Crippen molar-refractivity contribution >= 4 is 5.69 Å². The zero-order valence-electron chi connectivity index (χ0n) is 8.23. The number of hydrazine groups is 1. The lowest BCUT2D eigenvalue weighted by Gasteiger charge is -2.15. The van der Waals surface area contributed by atoms with Gasteiger partial charge in [0.2, 0.25) is 0 Å². The Kier molecular flexibility index (Phi) is 4.31. The van der Waals surface area contributed by atoms with E-state index in [9.17, 15) is 0 Å². The summed E-state index contributed by atoms with van der Waals surface area (Å²) in [5, 5.41) is 0. The lowest BCUT2D eigenvalue weighted by atomic mass is 10.1. The van der Waals surface area contributed by atoms with E-state index in [1.807, 2.05) is 0 Å². The summed E-state index contributed by atoms with van der Waals surface area (Å²) >= 11 is 0. The van der Waals surface area contributed by atoms with E-state index in [0.717, 1.165) is 11.3 Å². The first-order valence-corrected chi connectivity index (χ1v) is 4.41. The molecule has 0 spiro atoms. The van der Waals surface area contributed by atoms with Crippen LogP contribution in [0.3, 0.4) is 0 Å². The van der Waals surface area contributed by atoms with Gasteiger partial charge < -0.3 is 10.5 Å². The maximum Gasteiger partial charge on any atom is 0.0632 e. The third kappa shape index (κ3) is 2.95. The second kappa shape index (κ2) is 5.54. The number of ether oxygens (including phenoxy) is 1. The Morgan fingerprint density at radius 3 is 3.00 bits per heavy atom. The number of nitrogens with zero attached hydrogens (tertiary/aromatic N) is 1. The molecule has 78 valence electrons. The minimum absolute atomic E-state index is 0.0616. The fourth-order valence-electron chi connectivity index (χ4n) is 1.24. The SMILES string of the molecule is COCC(Cc1cnccc1N)NN. The first kappa shape index (κ1) is 10.9. The molecule has 0 amide bonds. The summed E-state index contributed by atoms with van der Waals surface area (Å²) in [6, 6.07) is 1.84. The summed E-state index contributed by atoms with van der Waals surface area (Å²) in [4.78, 5) is 4.00. The minimum atomic E-state index is 0.0616. The van der Waals surface area contributed by atoms with Gasteiger partial charge in [-0.05, 0) is 18.1 Å². The zero-order chi connectivity index (χ0) is 10.4. The third-order valence-electron chi connectivity index (χ3n) is 2.01. The number of pyridine rings is 1. The van der Waals surface area contributed by atoms with Crippen molar-refractivity contribution in [3.05, 3.63) is 24.0 Å². The highest BCUT2D eigenvalue weighted by Crippen LogP contribution is 2.10. The molecule has 1 heterocycles. The number of aromatic nitrogens is 1. The number of hydrogen-bond acceptors (Lipinski definition) is 5. The highest BCUT2D eigenvalue weighted by Gasteiger charge is 2.09. The molecular formula is C9H16N4O. The van der Waals surface area contributed by atoms with Gasteiger partial charge in [-0.2, -0.15) is 0 Å². The summed E-state index contributed by atoms with van der Waals surface area (Å²) in [5.74, 6) is 5.37. The van der Waals surface area contributed by atoms with Crippen LogP contribution in [-0.4, -0.2) is 24.7 Å². The minimum Gasteiger partial charge on any atom is -0.398 e. The van der Waals surface area contributed by atoms with Crippen LogP contribution in [0.4, 0.5) is 5.69 Å². The molecule has 1 unspecified atom stereocenters. The largest absolute Gasteiger partial charge is 0.398 e. The Morgan fingerprint density at radius 2 is 2.43 bits per heavy atom. The first-order chi connectivity index (χ1) is 6.77. The molecule has 0 aliphatic carbocycles. The predicted molar refractivity (Wildman–Crippen MR) is 55.3 cm³/mol. The van der Waals surface area contributed by atoms with E-state index in [1.165, 1.54) is 0 Å².